The third-order valence-electron chi connectivity index (χ3n) is 2.61. The minimum Gasteiger partial charge on any atom is -0.314 e. The monoisotopic (exact) mass is 286 g/mol. The van der Waals surface area contributed by atoms with Gasteiger partial charge >= 0.3 is 0 Å². The van der Waals surface area contributed by atoms with E-state index in [-0.39, 0.29) is 0 Å². The molecule has 0 aromatic heterocycles. The first kappa shape index (κ1) is 22.2. The van der Waals surface area contributed by atoms with E-state index in [1.54, 1.807) is 0 Å². The maximum atomic E-state index is 3.32. The highest BCUT2D eigenvalue weighted by Crippen LogP contribution is 2.01. The molecule has 2 fully saturated rings. The van der Waals surface area contributed by atoms with Crippen LogP contribution in [0.5, 0.6) is 0 Å². The van der Waals surface area contributed by atoms with Crippen LogP contribution in [0.25, 0.3) is 0 Å². The van der Waals surface area contributed by atoms with Crippen molar-refractivity contribution in [1.29, 1.82) is 0 Å². The Balaban J connectivity index is 0. The van der Waals surface area contributed by atoms with Crippen LogP contribution < -0.4 is 10.6 Å². The largest absolute Gasteiger partial charge is 0.314 e. The average molecular weight is 287 g/mol. The summed E-state index contributed by atoms with van der Waals surface area (Å²) in [6.07, 6.45) is 5.50. The highest BCUT2D eigenvalue weighted by molar-refractivity contribution is 4.68. The predicted molar refractivity (Wildman–Crippen MR) is 94.4 cm³/mol. The molecule has 2 rings (SSSR count). The maximum absolute atomic E-state index is 3.32. The van der Waals surface area contributed by atoms with E-state index in [4.69, 9.17) is 0 Å². The summed E-state index contributed by atoms with van der Waals surface area (Å²) in [6, 6.07) is 1.59. The van der Waals surface area contributed by atoms with Gasteiger partial charge in [0.25, 0.3) is 0 Å². The van der Waals surface area contributed by atoms with Crippen LogP contribution in [-0.4, -0.2) is 25.2 Å². The molecule has 2 saturated heterocycles. The molecule has 0 aliphatic carbocycles. The van der Waals surface area contributed by atoms with Gasteiger partial charge in [-0.15, -0.1) is 0 Å². The van der Waals surface area contributed by atoms with Gasteiger partial charge in [0, 0.05) is 12.1 Å². The van der Waals surface area contributed by atoms with E-state index in [1.165, 1.54) is 38.8 Å². The summed E-state index contributed by atoms with van der Waals surface area (Å²) >= 11 is 0. The molecule has 2 nitrogen and oxygen atoms in total. The Morgan fingerprint density at radius 2 is 0.900 bits per heavy atom. The Labute approximate surface area is 129 Å². The fourth-order valence-electron chi connectivity index (χ4n) is 1.72. The third-order valence-corrected chi connectivity index (χ3v) is 2.61. The Morgan fingerprint density at radius 3 is 0.950 bits per heavy atom. The second-order valence-electron chi connectivity index (χ2n) is 7.46. The first-order valence-corrected chi connectivity index (χ1v) is 8.72. The average Bonchev–Trinajstić information content (AvgIpc) is 2.91. The van der Waals surface area contributed by atoms with E-state index in [2.05, 4.69) is 66.0 Å². The van der Waals surface area contributed by atoms with Gasteiger partial charge in [-0.1, -0.05) is 41.5 Å². The van der Waals surface area contributed by atoms with E-state index >= 15 is 0 Å². The van der Waals surface area contributed by atoms with E-state index in [9.17, 15) is 0 Å². The Morgan fingerprint density at radius 1 is 0.650 bits per heavy atom. The quantitative estimate of drug-likeness (QED) is 0.666. The smallest absolute Gasteiger partial charge is 0.00391 e. The van der Waals surface area contributed by atoms with Crippen LogP contribution >= 0.6 is 0 Å². The molecule has 2 unspecified atom stereocenters. The van der Waals surface area contributed by atoms with Crippen molar-refractivity contribution in [3.63, 3.8) is 0 Å². The Kier molecular flexibility index (Phi) is 17.0. The minimum atomic E-state index is 0.796. The molecule has 2 aliphatic rings. The van der Waals surface area contributed by atoms with E-state index in [1.807, 2.05) is 0 Å². The second kappa shape index (κ2) is 15.3. The normalized spacial score (nSPS) is 24.3. The van der Waals surface area contributed by atoms with Gasteiger partial charge in [0.05, 0.1) is 0 Å². The first-order valence-electron chi connectivity index (χ1n) is 8.72. The van der Waals surface area contributed by atoms with Gasteiger partial charge in [-0.2, -0.15) is 0 Å². The number of nitrogens with one attached hydrogen (secondary N) is 2. The van der Waals surface area contributed by atoms with Crippen molar-refractivity contribution in [2.75, 3.05) is 13.1 Å². The zero-order valence-electron chi connectivity index (χ0n) is 15.6. The zero-order valence-corrected chi connectivity index (χ0v) is 15.6. The van der Waals surface area contributed by atoms with Gasteiger partial charge in [-0.3, -0.25) is 0 Å². The molecule has 0 aromatic rings. The lowest BCUT2D eigenvalue weighted by Gasteiger charge is -1.95. The van der Waals surface area contributed by atoms with Crippen LogP contribution in [0.3, 0.4) is 0 Å². The fourth-order valence-corrected chi connectivity index (χ4v) is 1.72. The number of hydrogen-bond donors (Lipinski definition) is 2. The molecular formula is C18H42N2. The molecule has 0 spiro atoms. The van der Waals surface area contributed by atoms with Crippen LogP contribution in [0.15, 0.2) is 0 Å². The summed E-state index contributed by atoms with van der Waals surface area (Å²) in [7, 11) is 0. The first-order chi connectivity index (χ1) is 9.25. The van der Waals surface area contributed by atoms with Gasteiger partial charge in [0.2, 0.25) is 0 Å². The van der Waals surface area contributed by atoms with Crippen LogP contribution in [0, 0.1) is 11.8 Å². The van der Waals surface area contributed by atoms with E-state index < -0.39 is 0 Å². The SMILES string of the molecule is CC(C)C.CC(C)C.CC1CCCN1.CC1CCCN1. The van der Waals surface area contributed by atoms with Gasteiger partial charge in [0.1, 0.15) is 0 Å². The maximum Gasteiger partial charge on any atom is 0.00391 e. The summed E-state index contributed by atoms with van der Waals surface area (Å²) in [5, 5.41) is 6.64. The predicted octanol–water partition coefficient (Wildman–Crippen LogP) is 4.84. The summed E-state index contributed by atoms with van der Waals surface area (Å²) < 4.78 is 0. The highest BCUT2D eigenvalue weighted by Gasteiger charge is 2.06. The summed E-state index contributed by atoms with van der Waals surface area (Å²) in [5.74, 6) is 1.67. The molecule has 2 N–H and O–H groups in total. The standard InChI is InChI=1S/2C5H11N.2C4H10/c2*1-5-3-2-4-6-5;2*1-4(2)3/h2*5-6H,2-4H2,1H3;2*4H,1-3H3. The second-order valence-corrected chi connectivity index (χ2v) is 7.46. The van der Waals surface area contributed by atoms with Crippen molar-refractivity contribution in [2.24, 2.45) is 11.8 Å². The molecule has 2 heteroatoms. The van der Waals surface area contributed by atoms with Crippen molar-refractivity contribution in [3.8, 4) is 0 Å². The molecule has 2 atom stereocenters. The minimum absolute atomic E-state index is 0.796. The molecule has 0 radical (unpaired) electrons. The van der Waals surface area contributed by atoms with Gasteiger partial charge in [-0.05, 0) is 64.5 Å². The van der Waals surface area contributed by atoms with Crippen LogP contribution in [0.2, 0.25) is 0 Å². The van der Waals surface area contributed by atoms with Crippen LogP contribution in [0.1, 0.15) is 81.1 Å². The molecule has 0 bridgehead atoms. The lowest BCUT2D eigenvalue weighted by molar-refractivity contribution is 0.664. The summed E-state index contributed by atoms with van der Waals surface area (Å²) in [4.78, 5) is 0. The third kappa shape index (κ3) is 26.5. The van der Waals surface area contributed by atoms with E-state index in [0.29, 0.717) is 0 Å². The number of hydrogen-bond acceptors (Lipinski definition) is 2. The van der Waals surface area contributed by atoms with Gasteiger partial charge in [0.15, 0.2) is 0 Å². The Hall–Kier alpha value is -0.0800. The molecule has 2 heterocycles. The lowest BCUT2D eigenvalue weighted by atomic mass is 10.3. The number of rotatable bonds is 0. The van der Waals surface area contributed by atoms with E-state index in [0.717, 1.165) is 23.9 Å². The molecule has 0 aromatic carbocycles. The van der Waals surface area contributed by atoms with Gasteiger partial charge in [-0.25, -0.2) is 0 Å². The molecule has 124 valence electrons. The fraction of sp³-hybridized carbons (Fsp3) is 1.00. The van der Waals surface area contributed by atoms with Crippen molar-refractivity contribution in [2.45, 2.75) is 93.2 Å². The van der Waals surface area contributed by atoms with Crippen molar-refractivity contribution < 1.29 is 0 Å². The van der Waals surface area contributed by atoms with Crippen molar-refractivity contribution in [3.05, 3.63) is 0 Å². The molecule has 20 heavy (non-hydrogen) atoms. The summed E-state index contributed by atoms with van der Waals surface area (Å²) in [5.41, 5.74) is 0. The topological polar surface area (TPSA) is 24.1 Å². The Bertz CT molecular complexity index is 141. The zero-order chi connectivity index (χ0) is 16.0. The van der Waals surface area contributed by atoms with Crippen LogP contribution in [0.4, 0.5) is 0 Å². The molecule has 0 amide bonds. The molecular weight excluding hydrogens is 244 g/mol. The van der Waals surface area contributed by atoms with Gasteiger partial charge < -0.3 is 10.6 Å². The molecule has 2 aliphatic heterocycles. The van der Waals surface area contributed by atoms with Crippen LogP contribution in [-0.2, 0) is 0 Å². The lowest BCUT2D eigenvalue weighted by Crippen LogP contribution is -2.16. The van der Waals surface area contributed by atoms with Crippen molar-refractivity contribution in [1.82, 2.24) is 10.6 Å². The highest BCUT2D eigenvalue weighted by atomic mass is 14.9. The van der Waals surface area contributed by atoms with Crippen molar-refractivity contribution >= 4 is 0 Å². The summed E-state index contributed by atoms with van der Waals surface area (Å²) in [6.45, 7) is 19.9. The molecule has 0 saturated carbocycles.